The Labute approximate surface area is 114 Å². The standard InChI is InChI=1S/C13H24N4O2/c18-12(15-8-10-6-14-7-10)9-16-13(19)17-11-4-2-1-3-5-11/h10-11,14H,1-9H2,(H,15,18)(H2,16,17,19). The number of urea groups is 1. The van der Waals surface area contributed by atoms with Crippen LogP contribution in [0.4, 0.5) is 4.79 Å². The summed E-state index contributed by atoms with van der Waals surface area (Å²) >= 11 is 0. The molecule has 0 atom stereocenters. The molecule has 0 aromatic heterocycles. The van der Waals surface area contributed by atoms with Crippen LogP contribution in [0.2, 0.25) is 0 Å². The van der Waals surface area contributed by atoms with Crippen molar-refractivity contribution in [3.8, 4) is 0 Å². The van der Waals surface area contributed by atoms with E-state index in [0.29, 0.717) is 12.5 Å². The van der Waals surface area contributed by atoms with Gasteiger partial charge in [0.2, 0.25) is 5.91 Å². The molecule has 1 saturated heterocycles. The summed E-state index contributed by atoms with van der Waals surface area (Å²) in [6, 6.07) is 0.0465. The third-order valence-corrected chi connectivity index (χ3v) is 3.80. The summed E-state index contributed by atoms with van der Waals surface area (Å²) < 4.78 is 0. The Bertz CT molecular complexity index is 312. The maximum Gasteiger partial charge on any atom is 0.315 e. The maximum atomic E-state index is 11.6. The van der Waals surface area contributed by atoms with Crippen LogP contribution >= 0.6 is 0 Å². The average Bonchev–Trinajstić information content (AvgIpc) is 2.36. The second-order valence-electron chi connectivity index (χ2n) is 5.49. The number of rotatable bonds is 5. The molecule has 1 aliphatic carbocycles. The highest BCUT2D eigenvalue weighted by atomic mass is 16.2. The van der Waals surface area contributed by atoms with Crippen LogP contribution in [0.1, 0.15) is 32.1 Å². The van der Waals surface area contributed by atoms with Crippen molar-refractivity contribution in [2.24, 2.45) is 5.92 Å². The van der Waals surface area contributed by atoms with E-state index in [1.54, 1.807) is 0 Å². The fourth-order valence-electron chi connectivity index (χ4n) is 2.46. The molecule has 2 rings (SSSR count). The number of hydrogen-bond acceptors (Lipinski definition) is 3. The van der Waals surface area contributed by atoms with E-state index in [0.717, 1.165) is 25.9 Å². The minimum atomic E-state index is -0.229. The minimum Gasteiger partial charge on any atom is -0.354 e. The van der Waals surface area contributed by atoms with E-state index in [4.69, 9.17) is 0 Å². The summed E-state index contributed by atoms with van der Waals surface area (Å²) in [5.74, 6) is 0.422. The van der Waals surface area contributed by atoms with Crippen molar-refractivity contribution in [1.29, 1.82) is 0 Å². The van der Waals surface area contributed by atoms with Crippen molar-refractivity contribution < 1.29 is 9.59 Å². The molecule has 2 aliphatic rings. The van der Waals surface area contributed by atoms with E-state index in [1.165, 1.54) is 19.3 Å². The molecule has 1 heterocycles. The Morgan fingerprint density at radius 3 is 2.42 bits per heavy atom. The predicted molar refractivity (Wildman–Crippen MR) is 72.8 cm³/mol. The first-order chi connectivity index (χ1) is 9.24. The van der Waals surface area contributed by atoms with Gasteiger partial charge < -0.3 is 21.3 Å². The van der Waals surface area contributed by atoms with Gasteiger partial charge in [-0.05, 0) is 12.8 Å². The normalized spacial score (nSPS) is 20.4. The van der Waals surface area contributed by atoms with Crippen LogP contribution in [0.15, 0.2) is 0 Å². The molecule has 6 nitrogen and oxygen atoms in total. The number of amides is 3. The highest BCUT2D eigenvalue weighted by Crippen LogP contribution is 2.16. The molecule has 1 saturated carbocycles. The molecule has 19 heavy (non-hydrogen) atoms. The van der Waals surface area contributed by atoms with Crippen molar-refractivity contribution in [2.75, 3.05) is 26.2 Å². The zero-order valence-corrected chi connectivity index (χ0v) is 11.3. The lowest BCUT2D eigenvalue weighted by molar-refractivity contribution is -0.120. The molecule has 0 unspecified atom stereocenters. The van der Waals surface area contributed by atoms with Crippen LogP contribution in [0.5, 0.6) is 0 Å². The quantitative estimate of drug-likeness (QED) is 0.564. The second-order valence-corrected chi connectivity index (χ2v) is 5.49. The van der Waals surface area contributed by atoms with E-state index in [-0.39, 0.29) is 24.5 Å². The zero-order valence-electron chi connectivity index (χ0n) is 11.3. The molecule has 0 aromatic carbocycles. The molecule has 2 fully saturated rings. The van der Waals surface area contributed by atoms with Gasteiger partial charge in [0.15, 0.2) is 0 Å². The van der Waals surface area contributed by atoms with Gasteiger partial charge in [-0.1, -0.05) is 19.3 Å². The summed E-state index contributed by atoms with van der Waals surface area (Å²) in [6.45, 7) is 2.68. The fraction of sp³-hybridized carbons (Fsp3) is 0.846. The van der Waals surface area contributed by atoms with Crippen LogP contribution in [0.3, 0.4) is 0 Å². The molecule has 1 aliphatic heterocycles. The largest absolute Gasteiger partial charge is 0.354 e. The Morgan fingerprint density at radius 2 is 1.79 bits per heavy atom. The summed E-state index contributed by atoms with van der Waals surface area (Å²) in [4.78, 5) is 23.1. The Kier molecular flexibility index (Phi) is 5.44. The molecule has 0 aromatic rings. The molecule has 0 radical (unpaired) electrons. The molecule has 0 bridgehead atoms. The second kappa shape index (κ2) is 7.33. The highest BCUT2D eigenvalue weighted by Gasteiger charge is 2.18. The minimum absolute atomic E-state index is 0.0543. The molecule has 108 valence electrons. The average molecular weight is 268 g/mol. The Morgan fingerprint density at radius 1 is 1.05 bits per heavy atom. The van der Waals surface area contributed by atoms with Gasteiger partial charge in [0.05, 0.1) is 6.54 Å². The zero-order chi connectivity index (χ0) is 13.5. The Balaban J connectivity index is 1.53. The van der Waals surface area contributed by atoms with Gasteiger partial charge in [0.1, 0.15) is 0 Å². The van der Waals surface area contributed by atoms with Crippen molar-refractivity contribution in [3.63, 3.8) is 0 Å². The summed E-state index contributed by atoms with van der Waals surface area (Å²) in [5, 5.41) is 11.5. The first-order valence-electron chi connectivity index (χ1n) is 7.26. The number of carbonyl (C=O) groups excluding carboxylic acids is 2. The molecule has 4 N–H and O–H groups in total. The SMILES string of the molecule is O=C(CNC(=O)NC1CCCCC1)NCC1CNC1. The lowest BCUT2D eigenvalue weighted by Gasteiger charge is -2.27. The molecule has 6 heteroatoms. The smallest absolute Gasteiger partial charge is 0.315 e. The van der Waals surface area contributed by atoms with Gasteiger partial charge in [-0.25, -0.2) is 4.79 Å². The van der Waals surface area contributed by atoms with Gasteiger partial charge in [-0.2, -0.15) is 0 Å². The lowest BCUT2D eigenvalue weighted by Crippen LogP contribution is -2.50. The van der Waals surface area contributed by atoms with Gasteiger partial charge >= 0.3 is 6.03 Å². The van der Waals surface area contributed by atoms with Crippen LogP contribution in [-0.2, 0) is 4.79 Å². The van der Waals surface area contributed by atoms with E-state index < -0.39 is 0 Å². The van der Waals surface area contributed by atoms with Crippen molar-refractivity contribution in [1.82, 2.24) is 21.3 Å². The third kappa shape index (κ3) is 5.06. The molecular weight excluding hydrogens is 244 g/mol. The van der Waals surface area contributed by atoms with Crippen molar-refractivity contribution in [3.05, 3.63) is 0 Å². The van der Waals surface area contributed by atoms with Crippen LogP contribution < -0.4 is 21.3 Å². The predicted octanol–water partition coefficient (Wildman–Crippen LogP) is -0.0461. The van der Waals surface area contributed by atoms with Gasteiger partial charge in [-0.15, -0.1) is 0 Å². The first kappa shape index (κ1) is 14.1. The van der Waals surface area contributed by atoms with Crippen molar-refractivity contribution >= 4 is 11.9 Å². The summed E-state index contributed by atoms with van der Waals surface area (Å²) in [7, 11) is 0. The van der Waals surface area contributed by atoms with E-state index in [2.05, 4.69) is 21.3 Å². The number of nitrogens with one attached hydrogen (secondary N) is 4. The number of hydrogen-bond donors (Lipinski definition) is 4. The maximum absolute atomic E-state index is 11.6. The monoisotopic (exact) mass is 268 g/mol. The third-order valence-electron chi connectivity index (χ3n) is 3.80. The van der Waals surface area contributed by atoms with E-state index >= 15 is 0 Å². The summed E-state index contributed by atoms with van der Waals surface area (Å²) in [6.07, 6.45) is 5.72. The van der Waals surface area contributed by atoms with Gasteiger partial charge in [0, 0.05) is 31.6 Å². The lowest BCUT2D eigenvalue weighted by atomic mass is 9.96. The van der Waals surface area contributed by atoms with Crippen LogP contribution in [0, 0.1) is 5.92 Å². The van der Waals surface area contributed by atoms with Gasteiger partial charge in [-0.3, -0.25) is 4.79 Å². The van der Waals surface area contributed by atoms with Crippen molar-refractivity contribution in [2.45, 2.75) is 38.1 Å². The summed E-state index contributed by atoms with van der Waals surface area (Å²) in [5.41, 5.74) is 0. The van der Waals surface area contributed by atoms with E-state index in [1.807, 2.05) is 0 Å². The molecule has 3 amide bonds. The van der Waals surface area contributed by atoms with E-state index in [9.17, 15) is 9.59 Å². The molecule has 0 spiro atoms. The topological polar surface area (TPSA) is 82.3 Å². The number of carbonyl (C=O) groups is 2. The van der Waals surface area contributed by atoms with Crippen LogP contribution in [-0.4, -0.2) is 44.2 Å². The Hall–Kier alpha value is -1.30. The van der Waals surface area contributed by atoms with Crippen LogP contribution in [0.25, 0.3) is 0 Å². The fourth-order valence-corrected chi connectivity index (χ4v) is 2.46. The molecular formula is C13H24N4O2. The van der Waals surface area contributed by atoms with Gasteiger partial charge in [0.25, 0.3) is 0 Å². The first-order valence-corrected chi connectivity index (χ1v) is 7.26. The highest BCUT2D eigenvalue weighted by molar-refractivity contribution is 5.83.